The number of carbonyl (C=O) groups is 1. The van der Waals surface area contributed by atoms with Crippen molar-refractivity contribution < 1.29 is 4.79 Å². The molecule has 0 fully saturated rings. The maximum Gasteiger partial charge on any atom is 0.253 e. The monoisotopic (exact) mass is 277 g/mol. The van der Waals surface area contributed by atoms with Crippen molar-refractivity contribution in [3.8, 4) is 0 Å². The Morgan fingerprint density at radius 2 is 2.11 bits per heavy atom. The second kappa shape index (κ2) is 6.15. The van der Waals surface area contributed by atoms with Crippen molar-refractivity contribution in [2.75, 3.05) is 0 Å². The van der Waals surface area contributed by atoms with Crippen molar-refractivity contribution >= 4 is 17.5 Å². The Morgan fingerprint density at radius 1 is 1.32 bits per heavy atom. The van der Waals surface area contributed by atoms with Gasteiger partial charge in [0.15, 0.2) is 0 Å². The van der Waals surface area contributed by atoms with Gasteiger partial charge in [0, 0.05) is 23.8 Å². The number of carbonyl (C=O) groups excluding carboxylic acids is 1. The first-order valence-electron chi connectivity index (χ1n) is 5.67. The highest BCUT2D eigenvalue weighted by Gasteiger charge is 2.05. The van der Waals surface area contributed by atoms with E-state index in [-0.39, 0.29) is 18.0 Å². The predicted octanol–water partition coefficient (Wildman–Crippen LogP) is 1.21. The number of nitrogens with one attached hydrogen (secondary N) is 1. The smallest absolute Gasteiger partial charge is 0.253 e. The SMILES string of the molecule is O=C(Cn1cnccc1=O)NCc1ccccc1Cl. The Hall–Kier alpha value is -2.14. The van der Waals surface area contributed by atoms with Crippen LogP contribution in [0.4, 0.5) is 0 Å². The topological polar surface area (TPSA) is 64.0 Å². The molecular formula is C13H12ClN3O2. The summed E-state index contributed by atoms with van der Waals surface area (Å²) in [6.45, 7) is 0.268. The predicted molar refractivity (Wildman–Crippen MR) is 71.8 cm³/mol. The van der Waals surface area contributed by atoms with Gasteiger partial charge in [-0.25, -0.2) is 4.98 Å². The molecule has 0 unspecified atom stereocenters. The van der Waals surface area contributed by atoms with Crippen LogP contribution in [-0.2, 0) is 17.9 Å². The summed E-state index contributed by atoms with van der Waals surface area (Å²) in [5, 5.41) is 3.30. The lowest BCUT2D eigenvalue weighted by Crippen LogP contribution is -2.31. The Labute approximate surface area is 114 Å². The molecule has 1 aromatic heterocycles. The molecule has 1 heterocycles. The summed E-state index contributed by atoms with van der Waals surface area (Å²) in [7, 11) is 0. The van der Waals surface area contributed by atoms with Crippen molar-refractivity contribution in [2.24, 2.45) is 0 Å². The summed E-state index contributed by atoms with van der Waals surface area (Å²) in [5.41, 5.74) is 0.568. The van der Waals surface area contributed by atoms with Gasteiger partial charge in [-0.2, -0.15) is 0 Å². The summed E-state index contributed by atoms with van der Waals surface area (Å²) < 4.78 is 1.24. The quantitative estimate of drug-likeness (QED) is 0.914. The van der Waals surface area contributed by atoms with Crippen molar-refractivity contribution in [1.82, 2.24) is 14.9 Å². The molecular weight excluding hydrogens is 266 g/mol. The number of hydrogen-bond donors (Lipinski definition) is 1. The fourth-order valence-corrected chi connectivity index (χ4v) is 1.75. The fraction of sp³-hybridized carbons (Fsp3) is 0.154. The van der Waals surface area contributed by atoms with E-state index in [1.54, 1.807) is 6.07 Å². The van der Waals surface area contributed by atoms with Crippen LogP contribution >= 0.6 is 11.6 Å². The Bertz CT molecular complexity index is 640. The van der Waals surface area contributed by atoms with Gasteiger partial charge in [-0.05, 0) is 11.6 Å². The molecule has 0 saturated carbocycles. The number of hydrogen-bond acceptors (Lipinski definition) is 3. The van der Waals surface area contributed by atoms with Crippen molar-refractivity contribution in [1.29, 1.82) is 0 Å². The van der Waals surface area contributed by atoms with E-state index in [9.17, 15) is 9.59 Å². The van der Waals surface area contributed by atoms with E-state index in [4.69, 9.17) is 11.6 Å². The first-order chi connectivity index (χ1) is 9.16. The Balaban J connectivity index is 1.94. The molecule has 5 nitrogen and oxygen atoms in total. The number of rotatable bonds is 4. The van der Waals surface area contributed by atoms with Crippen LogP contribution in [-0.4, -0.2) is 15.5 Å². The molecule has 1 N–H and O–H groups in total. The third-order valence-corrected chi connectivity index (χ3v) is 2.91. The second-order valence-electron chi connectivity index (χ2n) is 3.91. The van der Waals surface area contributed by atoms with Gasteiger partial charge in [-0.1, -0.05) is 29.8 Å². The number of amides is 1. The second-order valence-corrected chi connectivity index (χ2v) is 4.32. The highest BCUT2D eigenvalue weighted by Crippen LogP contribution is 2.14. The minimum Gasteiger partial charge on any atom is -0.350 e. The van der Waals surface area contributed by atoms with E-state index in [2.05, 4.69) is 10.3 Å². The molecule has 1 aromatic carbocycles. The molecule has 0 radical (unpaired) electrons. The van der Waals surface area contributed by atoms with Crippen molar-refractivity contribution in [2.45, 2.75) is 13.1 Å². The van der Waals surface area contributed by atoms with Gasteiger partial charge in [0.25, 0.3) is 5.56 Å². The van der Waals surface area contributed by atoms with E-state index in [1.807, 2.05) is 18.2 Å². The van der Waals surface area contributed by atoms with Crippen LogP contribution in [0.5, 0.6) is 0 Å². The van der Waals surface area contributed by atoms with Crippen LogP contribution in [0.1, 0.15) is 5.56 Å². The molecule has 19 heavy (non-hydrogen) atoms. The van der Waals surface area contributed by atoms with Crippen molar-refractivity contribution in [3.63, 3.8) is 0 Å². The maximum absolute atomic E-state index is 11.7. The average Bonchev–Trinajstić information content (AvgIpc) is 2.40. The molecule has 0 atom stereocenters. The largest absolute Gasteiger partial charge is 0.350 e. The third kappa shape index (κ3) is 3.66. The molecule has 6 heteroatoms. The van der Waals surface area contributed by atoms with E-state index in [0.29, 0.717) is 11.6 Å². The minimum atomic E-state index is -0.269. The summed E-state index contributed by atoms with van der Waals surface area (Å²) in [5.74, 6) is -0.269. The van der Waals surface area contributed by atoms with Gasteiger partial charge >= 0.3 is 0 Å². The zero-order chi connectivity index (χ0) is 13.7. The van der Waals surface area contributed by atoms with Crippen LogP contribution < -0.4 is 10.9 Å². The Morgan fingerprint density at radius 3 is 2.84 bits per heavy atom. The molecule has 0 aliphatic carbocycles. The molecule has 0 aliphatic heterocycles. The van der Waals surface area contributed by atoms with Crippen LogP contribution in [0.25, 0.3) is 0 Å². The van der Waals surface area contributed by atoms with E-state index in [1.165, 1.54) is 23.2 Å². The van der Waals surface area contributed by atoms with Gasteiger partial charge in [-0.15, -0.1) is 0 Å². The summed E-state index contributed by atoms with van der Waals surface area (Å²) >= 11 is 5.98. The Kier molecular flexibility index (Phi) is 4.30. The highest BCUT2D eigenvalue weighted by atomic mass is 35.5. The standard InChI is InChI=1S/C13H12ClN3O2/c14-11-4-2-1-3-10(11)7-16-12(18)8-17-9-15-6-5-13(17)19/h1-6,9H,7-8H2,(H,16,18). The van der Waals surface area contributed by atoms with E-state index >= 15 is 0 Å². The number of aromatic nitrogens is 2. The first-order valence-corrected chi connectivity index (χ1v) is 6.05. The molecule has 0 saturated heterocycles. The highest BCUT2D eigenvalue weighted by molar-refractivity contribution is 6.31. The van der Waals surface area contributed by atoms with E-state index < -0.39 is 0 Å². The molecule has 0 spiro atoms. The van der Waals surface area contributed by atoms with E-state index in [0.717, 1.165) is 5.56 Å². The fourth-order valence-electron chi connectivity index (χ4n) is 1.54. The van der Waals surface area contributed by atoms with Gasteiger partial charge in [0.05, 0.1) is 6.33 Å². The molecule has 0 aliphatic rings. The lowest BCUT2D eigenvalue weighted by Gasteiger charge is -2.07. The van der Waals surface area contributed by atoms with Gasteiger partial charge in [0.2, 0.25) is 5.91 Å². The molecule has 98 valence electrons. The van der Waals surface area contributed by atoms with Gasteiger partial charge < -0.3 is 5.32 Å². The normalized spacial score (nSPS) is 10.2. The lowest BCUT2D eigenvalue weighted by molar-refractivity contribution is -0.121. The summed E-state index contributed by atoms with van der Waals surface area (Å²) in [6, 6.07) is 8.57. The average molecular weight is 278 g/mol. The van der Waals surface area contributed by atoms with Crippen LogP contribution in [0.3, 0.4) is 0 Å². The van der Waals surface area contributed by atoms with Gasteiger partial charge in [0.1, 0.15) is 6.54 Å². The number of benzene rings is 1. The van der Waals surface area contributed by atoms with Gasteiger partial charge in [-0.3, -0.25) is 14.2 Å². The minimum absolute atomic E-state index is 0.0584. The molecule has 0 bridgehead atoms. The summed E-state index contributed by atoms with van der Waals surface area (Å²) in [6.07, 6.45) is 2.72. The maximum atomic E-state index is 11.7. The first kappa shape index (κ1) is 13.3. The molecule has 1 amide bonds. The van der Waals surface area contributed by atoms with Crippen LogP contribution in [0.15, 0.2) is 47.7 Å². The zero-order valence-electron chi connectivity index (χ0n) is 10.0. The lowest BCUT2D eigenvalue weighted by atomic mass is 10.2. The van der Waals surface area contributed by atoms with Crippen LogP contribution in [0, 0.1) is 0 Å². The summed E-state index contributed by atoms with van der Waals surface area (Å²) in [4.78, 5) is 26.9. The molecule has 2 rings (SSSR count). The van der Waals surface area contributed by atoms with Crippen LogP contribution in [0.2, 0.25) is 5.02 Å². The molecule has 2 aromatic rings. The third-order valence-electron chi connectivity index (χ3n) is 2.54. The zero-order valence-corrected chi connectivity index (χ0v) is 10.8. The number of halogens is 1. The van der Waals surface area contributed by atoms with Crippen molar-refractivity contribution in [3.05, 3.63) is 63.8 Å². The number of nitrogens with zero attached hydrogens (tertiary/aromatic N) is 2.